The maximum atomic E-state index is 12.0. The van der Waals surface area contributed by atoms with Crippen molar-refractivity contribution in [2.45, 2.75) is 59.5 Å². The second kappa shape index (κ2) is 7.78. The van der Waals surface area contributed by atoms with E-state index in [1.807, 2.05) is 6.92 Å². The van der Waals surface area contributed by atoms with E-state index in [2.05, 4.69) is 26.1 Å². The van der Waals surface area contributed by atoms with E-state index in [0.717, 1.165) is 12.8 Å². The molecule has 0 saturated carbocycles. The second-order valence-electron chi connectivity index (χ2n) is 7.13. The van der Waals surface area contributed by atoms with Crippen LogP contribution in [-0.2, 0) is 14.3 Å². The predicted octanol–water partition coefficient (Wildman–Crippen LogP) is 2.44. The largest absolute Gasteiger partial charge is 0.481 e. The molecule has 1 aliphatic rings. The second-order valence-corrected chi connectivity index (χ2v) is 7.13. The predicted molar refractivity (Wildman–Crippen MR) is 81.0 cm³/mol. The van der Waals surface area contributed by atoms with Crippen molar-refractivity contribution in [2.24, 2.45) is 17.3 Å². The highest BCUT2D eigenvalue weighted by molar-refractivity contribution is 5.81. The van der Waals surface area contributed by atoms with Gasteiger partial charge >= 0.3 is 5.97 Å². The van der Waals surface area contributed by atoms with Gasteiger partial charge < -0.3 is 15.2 Å². The van der Waals surface area contributed by atoms with Crippen LogP contribution in [0.1, 0.15) is 53.4 Å². The van der Waals surface area contributed by atoms with Crippen LogP contribution in [-0.4, -0.2) is 36.2 Å². The summed E-state index contributed by atoms with van der Waals surface area (Å²) in [5.74, 6) is -0.251. The molecular weight excluding hydrogens is 270 g/mol. The van der Waals surface area contributed by atoms with Gasteiger partial charge in [-0.1, -0.05) is 27.7 Å². The molecule has 1 heterocycles. The minimum Gasteiger partial charge on any atom is -0.481 e. The van der Waals surface area contributed by atoms with Gasteiger partial charge in [0, 0.05) is 19.6 Å². The van der Waals surface area contributed by atoms with Crippen LogP contribution in [0, 0.1) is 17.3 Å². The van der Waals surface area contributed by atoms with Crippen LogP contribution >= 0.6 is 0 Å². The molecule has 0 spiro atoms. The van der Waals surface area contributed by atoms with Gasteiger partial charge in [0.25, 0.3) is 0 Å². The lowest BCUT2D eigenvalue weighted by molar-refractivity contribution is -0.137. The molecule has 5 nitrogen and oxygen atoms in total. The van der Waals surface area contributed by atoms with Gasteiger partial charge in [0.1, 0.15) is 6.10 Å². The summed E-state index contributed by atoms with van der Waals surface area (Å²) in [7, 11) is 0. The van der Waals surface area contributed by atoms with E-state index in [1.54, 1.807) is 0 Å². The molecule has 0 radical (unpaired) electrons. The number of carboxylic acid groups (broad SMARTS) is 1. The highest BCUT2D eigenvalue weighted by Crippen LogP contribution is 2.32. The number of hydrogen-bond acceptors (Lipinski definition) is 3. The number of carboxylic acids is 1. The molecular formula is C16H29NO4. The Kier molecular flexibility index (Phi) is 6.65. The zero-order valence-electron chi connectivity index (χ0n) is 13.6. The first-order chi connectivity index (χ1) is 9.71. The molecule has 1 aliphatic heterocycles. The topological polar surface area (TPSA) is 75.6 Å². The summed E-state index contributed by atoms with van der Waals surface area (Å²) in [4.78, 5) is 22.8. The first-order valence-electron chi connectivity index (χ1n) is 7.83. The number of rotatable bonds is 7. The molecule has 0 aromatic carbocycles. The van der Waals surface area contributed by atoms with Gasteiger partial charge in [-0.15, -0.1) is 0 Å². The number of carbonyl (C=O) groups excluding carboxylic acids is 1. The molecule has 122 valence electrons. The molecule has 5 heteroatoms. The van der Waals surface area contributed by atoms with Crippen molar-refractivity contribution in [2.75, 3.05) is 13.2 Å². The number of aliphatic carboxylic acids is 1. The normalized spacial score (nSPS) is 23.8. The van der Waals surface area contributed by atoms with Gasteiger partial charge in [-0.05, 0) is 36.5 Å². The van der Waals surface area contributed by atoms with Crippen molar-refractivity contribution in [3.05, 3.63) is 0 Å². The Morgan fingerprint density at radius 3 is 2.48 bits per heavy atom. The van der Waals surface area contributed by atoms with Crippen molar-refractivity contribution in [3.8, 4) is 0 Å². The van der Waals surface area contributed by atoms with Crippen LogP contribution in [0.15, 0.2) is 0 Å². The number of ether oxygens (including phenoxy) is 1. The van der Waals surface area contributed by atoms with Crippen LogP contribution in [0.3, 0.4) is 0 Å². The van der Waals surface area contributed by atoms with E-state index >= 15 is 0 Å². The van der Waals surface area contributed by atoms with Gasteiger partial charge in [-0.2, -0.15) is 0 Å². The van der Waals surface area contributed by atoms with Crippen molar-refractivity contribution in [1.82, 2.24) is 5.32 Å². The number of amides is 1. The summed E-state index contributed by atoms with van der Waals surface area (Å²) in [6, 6.07) is 0. The molecule has 3 atom stereocenters. The molecule has 1 saturated heterocycles. The zero-order valence-corrected chi connectivity index (χ0v) is 13.6. The van der Waals surface area contributed by atoms with Crippen molar-refractivity contribution >= 4 is 11.9 Å². The first kappa shape index (κ1) is 18.0. The molecule has 0 aromatic heterocycles. The SMILES string of the molecule is CC1CCOC1C(=O)NCCC(CCC(=O)O)C(C)(C)C. The van der Waals surface area contributed by atoms with Gasteiger partial charge in [-0.25, -0.2) is 0 Å². The average molecular weight is 299 g/mol. The van der Waals surface area contributed by atoms with Gasteiger partial charge in [0.05, 0.1) is 0 Å². The lowest BCUT2D eigenvalue weighted by Gasteiger charge is -2.30. The van der Waals surface area contributed by atoms with E-state index in [-0.39, 0.29) is 35.7 Å². The zero-order chi connectivity index (χ0) is 16.0. The maximum Gasteiger partial charge on any atom is 0.303 e. The first-order valence-corrected chi connectivity index (χ1v) is 7.83. The Morgan fingerprint density at radius 1 is 1.33 bits per heavy atom. The molecule has 0 bridgehead atoms. The number of hydrogen-bond donors (Lipinski definition) is 2. The summed E-state index contributed by atoms with van der Waals surface area (Å²) in [5.41, 5.74) is 0.0390. The van der Waals surface area contributed by atoms with Gasteiger partial charge in [0.2, 0.25) is 5.91 Å². The van der Waals surface area contributed by atoms with E-state index in [0.29, 0.717) is 19.6 Å². The summed E-state index contributed by atoms with van der Waals surface area (Å²) in [5, 5.41) is 11.8. The van der Waals surface area contributed by atoms with Gasteiger partial charge in [-0.3, -0.25) is 9.59 Å². The summed E-state index contributed by atoms with van der Waals surface area (Å²) in [6.45, 7) is 9.61. The van der Waals surface area contributed by atoms with E-state index < -0.39 is 5.97 Å². The average Bonchev–Trinajstić information content (AvgIpc) is 2.77. The van der Waals surface area contributed by atoms with E-state index in [1.165, 1.54) is 0 Å². The third kappa shape index (κ3) is 6.04. The minimum absolute atomic E-state index is 0.0362. The van der Waals surface area contributed by atoms with Crippen LogP contribution in [0.5, 0.6) is 0 Å². The van der Waals surface area contributed by atoms with Crippen molar-refractivity contribution in [1.29, 1.82) is 0 Å². The fraction of sp³-hybridized carbons (Fsp3) is 0.875. The fourth-order valence-corrected chi connectivity index (χ4v) is 2.81. The molecule has 3 unspecified atom stereocenters. The summed E-state index contributed by atoms with van der Waals surface area (Å²) in [6.07, 6.45) is 2.23. The third-order valence-corrected chi connectivity index (χ3v) is 4.37. The van der Waals surface area contributed by atoms with Crippen molar-refractivity contribution in [3.63, 3.8) is 0 Å². The molecule has 0 aliphatic carbocycles. The lowest BCUT2D eigenvalue weighted by atomic mass is 9.76. The molecule has 1 amide bonds. The number of carbonyl (C=O) groups is 2. The van der Waals surface area contributed by atoms with E-state index in [9.17, 15) is 9.59 Å². The highest BCUT2D eigenvalue weighted by Gasteiger charge is 2.31. The standard InChI is InChI=1S/C16H29NO4/c1-11-8-10-21-14(11)15(20)17-9-7-12(16(2,3)4)5-6-13(18)19/h11-12,14H,5-10H2,1-4H3,(H,17,20)(H,18,19). The van der Waals surface area contributed by atoms with Crippen LogP contribution in [0.25, 0.3) is 0 Å². The Morgan fingerprint density at radius 2 is 2.00 bits per heavy atom. The summed E-state index contributed by atoms with van der Waals surface area (Å²) >= 11 is 0. The maximum absolute atomic E-state index is 12.0. The Labute approximate surface area is 127 Å². The fourth-order valence-electron chi connectivity index (χ4n) is 2.81. The molecule has 0 aromatic rings. The minimum atomic E-state index is -0.763. The summed E-state index contributed by atoms with van der Waals surface area (Å²) < 4.78 is 5.44. The van der Waals surface area contributed by atoms with E-state index in [4.69, 9.17) is 9.84 Å². The molecule has 1 rings (SSSR count). The van der Waals surface area contributed by atoms with Gasteiger partial charge in [0.15, 0.2) is 0 Å². The van der Waals surface area contributed by atoms with Crippen molar-refractivity contribution < 1.29 is 19.4 Å². The van der Waals surface area contributed by atoms with Crippen LogP contribution in [0.2, 0.25) is 0 Å². The Bertz CT molecular complexity index is 362. The molecule has 1 fully saturated rings. The molecule has 21 heavy (non-hydrogen) atoms. The van der Waals surface area contributed by atoms with Crippen LogP contribution in [0.4, 0.5) is 0 Å². The monoisotopic (exact) mass is 299 g/mol. The molecule has 2 N–H and O–H groups in total. The highest BCUT2D eigenvalue weighted by atomic mass is 16.5. The number of nitrogens with one attached hydrogen (secondary N) is 1. The Balaban J connectivity index is 2.38. The third-order valence-electron chi connectivity index (χ3n) is 4.37. The quantitative estimate of drug-likeness (QED) is 0.757. The van der Waals surface area contributed by atoms with Crippen LogP contribution < -0.4 is 5.32 Å². The Hall–Kier alpha value is -1.10. The lowest BCUT2D eigenvalue weighted by Crippen LogP contribution is -2.38. The smallest absolute Gasteiger partial charge is 0.303 e.